The topological polar surface area (TPSA) is 47.4 Å². The minimum atomic E-state index is -0.130. The fourth-order valence-corrected chi connectivity index (χ4v) is 3.28. The van der Waals surface area contributed by atoms with Crippen molar-refractivity contribution in [2.75, 3.05) is 13.1 Å². The third-order valence-electron chi connectivity index (χ3n) is 4.33. The zero-order chi connectivity index (χ0) is 15.5. The van der Waals surface area contributed by atoms with Crippen LogP contribution in [0.3, 0.4) is 0 Å². The molecule has 1 aliphatic rings. The van der Waals surface area contributed by atoms with Crippen molar-refractivity contribution in [1.29, 1.82) is 0 Å². The van der Waals surface area contributed by atoms with E-state index < -0.39 is 0 Å². The molecular formula is C16H23N4OS+. The summed E-state index contributed by atoms with van der Waals surface area (Å²) in [4.78, 5) is 1.44. The number of hydrogen-bond donors (Lipinski definition) is 2. The summed E-state index contributed by atoms with van der Waals surface area (Å²) in [5, 5.41) is 14.2. The van der Waals surface area contributed by atoms with Gasteiger partial charge in [0.05, 0.1) is 25.7 Å². The lowest BCUT2D eigenvalue weighted by Crippen LogP contribution is -3.12. The van der Waals surface area contributed by atoms with Crippen molar-refractivity contribution in [2.45, 2.75) is 39.1 Å². The Morgan fingerprint density at radius 3 is 2.64 bits per heavy atom. The van der Waals surface area contributed by atoms with Gasteiger partial charge in [0.15, 0.2) is 6.67 Å². The van der Waals surface area contributed by atoms with E-state index in [0.717, 1.165) is 49.7 Å². The van der Waals surface area contributed by atoms with E-state index in [2.05, 4.69) is 21.8 Å². The Morgan fingerprint density at radius 1 is 1.27 bits per heavy atom. The highest BCUT2D eigenvalue weighted by Gasteiger charge is 2.21. The number of nitrogens with one attached hydrogen (secondary N) is 1. The average molecular weight is 319 g/mol. The second-order valence-electron chi connectivity index (χ2n) is 6.04. The summed E-state index contributed by atoms with van der Waals surface area (Å²) in [6, 6.07) is 10.3. The zero-order valence-corrected chi connectivity index (χ0v) is 13.7. The smallest absolute Gasteiger partial charge is 0.203 e. The number of benzene rings is 1. The van der Waals surface area contributed by atoms with Crippen molar-refractivity contribution in [1.82, 2.24) is 14.3 Å². The first-order chi connectivity index (χ1) is 10.6. The summed E-state index contributed by atoms with van der Waals surface area (Å²) in [7, 11) is 0. The highest BCUT2D eigenvalue weighted by atomic mass is 32.1. The van der Waals surface area contributed by atoms with Crippen molar-refractivity contribution in [3.8, 4) is 0 Å². The summed E-state index contributed by atoms with van der Waals surface area (Å²) >= 11 is 5.60. The second kappa shape index (κ2) is 6.73. The highest BCUT2D eigenvalue weighted by Crippen LogP contribution is 2.07. The first kappa shape index (κ1) is 15.4. The van der Waals surface area contributed by atoms with Crippen LogP contribution in [-0.4, -0.2) is 38.6 Å². The van der Waals surface area contributed by atoms with Crippen molar-refractivity contribution in [3.05, 3.63) is 46.5 Å². The minimum absolute atomic E-state index is 0.130. The molecule has 1 aliphatic heterocycles. The molecule has 1 aromatic carbocycles. The monoisotopic (exact) mass is 319 g/mol. The van der Waals surface area contributed by atoms with E-state index in [0.29, 0.717) is 0 Å². The lowest BCUT2D eigenvalue weighted by atomic mass is 10.1. The molecule has 1 saturated heterocycles. The standard InChI is InChI=1S/C16H22N4OS/c1-13-17-20(12-18-9-7-15(21)8-10-18)16(22)19(13)11-14-5-3-2-4-6-14/h2-6,15,21H,7-12H2,1H3/p+1. The molecule has 0 amide bonds. The maximum Gasteiger partial charge on any atom is 0.203 e. The van der Waals surface area contributed by atoms with Crippen molar-refractivity contribution < 1.29 is 10.0 Å². The SMILES string of the molecule is Cc1nn(C[NH+]2CCC(O)CC2)c(=S)n1Cc1ccccc1. The van der Waals surface area contributed by atoms with Crippen LogP contribution in [0, 0.1) is 11.7 Å². The van der Waals surface area contributed by atoms with Gasteiger partial charge in [-0.1, -0.05) is 30.3 Å². The third-order valence-corrected chi connectivity index (χ3v) is 4.76. The molecule has 1 fully saturated rings. The Balaban J connectivity index is 1.74. The third kappa shape index (κ3) is 3.45. The van der Waals surface area contributed by atoms with Crippen LogP contribution >= 0.6 is 12.2 Å². The zero-order valence-electron chi connectivity index (χ0n) is 12.9. The molecule has 1 aromatic heterocycles. The maximum atomic E-state index is 9.60. The van der Waals surface area contributed by atoms with Crippen LogP contribution in [0.15, 0.2) is 30.3 Å². The molecule has 0 radical (unpaired) electrons. The molecule has 3 rings (SSSR count). The molecule has 2 heterocycles. The Labute approximate surface area is 135 Å². The molecule has 6 heteroatoms. The summed E-state index contributed by atoms with van der Waals surface area (Å²) in [5.41, 5.74) is 1.23. The molecule has 0 spiro atoms. The fraction of sp³-hybridized carbons (Fsp3) is 0.500. The Bertz CT molecular complexity index is 671. The van der Waals surface area contributed by atoms with Crippen molar-refractivity contribution in [3.63, 3.8) is 0 Å². The molecule has 118 valence electrons. The van der Waals surface area contributed by atoms with Gasteiger partial charge in [-0.25, -0.2) is 0 Å². The van der Waals surface area contributed by atoms with E-state index in [1.165, 1.54) is 10.5 Å². The summed E-state index contributed by atoms with van der Waals surface area (Å²) in [5.74, 6) is 0.949. The quantitative estimate of drug-likeness (QED) is 0.819. The summed E-state index contributed by atoms with van der Waals surface area (Å²) in [6.45, 7) is 5.51. The van der Waals surface area contributed by atoms with Gasteiger partial charge >= 0.3 is 0 Å². The van der Waals surface area contributed by atoms with E-state index in [-0.39, 0.29) is 6.10 Å². The van der Waals surface area contributed by atoms with Crippen LogP contribution in [0.5, 0.6) is 0 Å². The molecule has 0 atom stereocenters. The molecule has 0 bridgehead atoms. The Kier molecular flexibility index (Phi) is 4.71. The summed E-state index contributed by atoms with van der Waals surface area (Å²) < 4.78 is 4.80. The van der Waals surface area contributed by atoms with Crippen LogP contribution in [0.25, 0.3) is 0 Å². The van der Waals surface area contributed by atoms with Crippen LogP contribution in [0.1, 0.15) is 24.2 Å². The number of hydrogen-bond acceptors (Lipinski definition) is 3. The molecule has 0 unspecified atom stereocenters. The van der Waals surface area contributed by atoms with E-state index in [9.17, 15) is 5.11 Å². The molecule has 0 saturated carbocycles. The molecule has 5 nitrogen and oxygen atoms in total. The van der Waals surface area contributed by atoms with Gasteiger partial charge in [-0.05, 0) is 24.7 Å². The van der Waals surface area contributed by atoms with Gasteiger partial charge in [0.25, 0.3) is 0 Å². The van der Waals surface area contributed by atoms with Gasteiger partial charge in [-0.15, -0.1) is 0 Å². The number of aliphatic hydroxyl groups excluding tert-OH is 1. The van der Waals surface area contributed by atoms with Gasteiger partial charge in [0.1, 0.15) is 5.82 Å². The first-order valence-corrected chi connectivity index (χ1v) is 8.24. The van der Waals surface area contributed by atoms with E-state index in [4.69, 9.17) is 12.2 Å². The first-order valence-electron chi connectivity index (χ1n) is 7.83. The van der Waals surface area contributed by atoms with Crippen LogP contribution in [-0.2, 0) is 13.2 Å². The number of piperidine rings is 1. The number of nitrogens with zero attached hydrogens (tertiary/aromatic N) is 3. The van der Waals surface area contributed by atoms with Gasteiger partial charge in [0, 0.05) is 12.8 Å². The molecule has 2 aromatic rings. The number of aliphatic hydroxyl groups is 1. The normalized spacial score (nSPS) is 21.9. The molecule has 22 heavy (non-hydrogen) atoms. The number of aromatic nitrogens is 3. The van der Waals surface area contributed by atoms with Gasteiger partial charge in [0.2, 0.25) is 4.77 Å². The second-order valence-corrected chi connectivity index (χ2v) is 6.41. The van der Waals surface area contributed by atoms with E-state index >= 15 is 0 Å². The number of rotatable bonds is 4. The van der Waals surface area contributed by atoms with Gasteiger partial charge in [-0.2, -0.15) is 9.78 Å². The van der Waals surface area contributed by atoms with Gasteiger partial charge < -0.3 is 10.0 Å². The maximum absolute atomic E-state index is 9.60. The Morgan fingerprint density at radius 2 is 1.95 bits per heavy atom. The predicted molar refractivity (Wildman–Crippen MR) is 87.3 cm³/mol. The van der Waals surface area contributed by atoms with Crippen LogP contribution in [0.2, 0.25) is 0 Å². The Hall–Kier alpha value is -1.50. The highest BCUT2D eigenvalue weighted by molar-refractivity contribution is 7.71. The lowest BCUT2D eigenvalue weighted by Gasteiger charge is -2.26. The molecule has 0 aliphatic carbocycles. The van der Waals surface area contributed by atoms with Crippen LogP contribution in [0.4, 0.5) is 0 Å². The van der Waals surface area contributed by atoms with Crippen molar-refractivity contribution in [2.24, 2.45) is 0 Å². The number of quaternary nitrogens is 1. The van der Waals surface area contributed by atoms with E-state index in [1.54, 1.807) is 0 Å². The largest absolute Gasteiger partial charge is 0.393 e. The fourth-order valence-electron chi connectivity index (χ4n) is 2.98. The minimum Gasteiger partial charge on any atom is -0.393 e. The number of aryl methyl sites for hydroxylation is 1. The average Bonchev–Trinajstić information content (AvgIpc) is 2.78. The lowest BCUT2D eigenvalue weighted by molar-refractivity contribution is -0.929. The van der Waals surface area contributed by atoms with Crippen LogP contribution < -0.4 is 4.90 Å². The summed E-state index contributed by atoms with van der Waals surface area (Å²) in [6.07, 6.45) is 1.60. The number of likely N-dealkylation sites (tertiary alicyclic amines) is 1. The van der Waals surface area contributed by atoms with Gasteiger partial charge in [-0.3, -0.25) is 4.57 Å². The molecule has 2 N–H and O–H groups in total. The predicted octanol–water partition coefficient (Wildman–Crippen LogP) is 0.768. The van der Waals surface area contributed by atoms with E-state index in [1.807, 2.05) is 29.8 Å². The molecular weight excluding hydrogens is 296 g/mol. The van der Waals surface area contributed by atoms with Crippen molar-refractivity contribution >= 4 is 12.2 Å².